The molecule has 0 radical (unpaired) electrons. The molecule has 2 fully saturated rings. The number of piperidine rings is 1. The number of halogens is 1. The Bertz CT molecular complexity index is 295. The summed E-state index contributed by atoms with van der Waals surface area (Å²) in [4.78, 5) is 0. The third-order valence-electron chi connectivity index (χ3n) is 3.21. The highest BCUT2D eigenvalue weighted by atomic mass is 35.5. The van der Waals surface area contributed by atoms with E-state index in [0.29, 0.717) is 25.6 Å². The van der Waals surface area contributed by atoms with Gasteiger partial charge in [0.25, 0.3) is 0 Å². The lowest BCUT2D eigenvalue weighted by Gasteiger charge is -2.30. The number of nitrogens with zero attached hydrogens (tertiary/aromatic N) is 1. The van der Waals surface area contributed by atoms with Gasteiger partial charge in [-0.25, -0.2) is 12.7 Å². The molecule has 1 aliphatic heterocycles. The van der Waals surface area contributed by atoms with Crippen LogP contribution in [0.1, 0.15) is 25.7 Å². The molecule has 4 nitrogen and oxygen atoms in total. The molecule has 0 aromatic heterocycles. The van der Waals surface area contributed by atoms with Crippen LogP contribution in [0.5, 0.6) is 0 Å². The van der Waals surface area contributed by atoms with Crippen molar-refractivity contribution in [2.45, 2.75) is 30.9 Å². The van der Waals surface area contributed by atoms with Crippen molar-refractivity contribution in [2.75, 3.05) is 19.6 Å². The topological polar surface area (TPSA) is 63.4 Å². The van der Waals surface area contributed by atoms with E-state index < -0.39 is 10.0 Å². The molecular formula is C9H19ClN2O2S. The molecule has 0 spiro atoms. The summed E-state index contributed by atoms with van der Waals surface area (Å²) < 4.78 is 25.3. The molecule has 0 aromatic carbocycles. The Morgan fingerprint density at radius 2 is 1.67 bits per heavy atom. The predicted molar refractivity (Wildman–Crippen MR) is 62.5 cm³/mol. The smallest absolute Gasteiger partial charge is 0.216 e. The van der Waals surface area contributed by atoms with Gasteiger partial charge in [0.05, 0.1) is 5.25 Å². The first-order chi connectivity index (χ1) is 6.64. The fourth-order valence-electron chi connectivity index (χ4n) is 1.98. The lowest BCUT2D eigenvalue weighted by atomic mass is 9.99. The predicted octanol–water partition coefficient (Wildman–Crippen LogP) is 0.571. The number of sulfonamides is 1. The van der Waals surface area contributed by atoms with Gasteiger partial charge in [-0.3, -0.25) is 0 Å². The van der Waals surface area contributed by atoms with Crippen molar-refractivity contribution in [3.05, 3.63) is 0 Å². The van der Waals surface area contributed by atoms with Crippen molar-refractivity contribution in [2.24, 2.45) is 11.7 Å². The van der Waals surface area contributed by atoms with E-state index in [1.165, 1.54) is 0 Å². The summed E-state index contributed by atoms with van der Waals surface area (Å²) in [5.74, 6) is 0.528. The van der Waals surface area contributed by atoms with Crippen molar-refractivity contribution in [3.63, 3.8) is 0 Å². The molecule has 2 aliphatic rings. The molecule has 0 unspecified atom stereocenters. The molecular weight excluding hydrogens is 236 g/mol. The summed E-state index contributed by atoms with van der Waals surface area (Å²) in [7, 11) is -2.93. The van der Waals surface area contributed by atoms with E-state index in [9.17, 15) is 8.42 Å². The van der Waals surface area contributed by atoms with Crippen LogP contribution < -0.4 is 5.73 Å². The lowest BCUT2D eigenvalue weighted by molar-refractivity contribution is 0.278. The fourth-order valence-corrected chi connectivity index (χ4v) is 3.85. The Morgan fingerprint density at radius 1 is 1.13 bits per heavy atom. The zero-order chi connectivity index (χ0) is 10.2. The number of hydrogen-bond donors (Lipinski definition) is 1. The van der Waals surface area contributed by atoms with Crippen LogP contribution in [0.25, 0.3) is 0 Å². The van der Waals surface area contributed by atoms with Gasteiger partial charge in [-0.05, 0) is 38.1 Å². The Balaban J connectivity index is 0.00000112. The van der Waals surface area contributed by atoms with Crippen LogP contribution in [0.15, 0.2) is 0 Å². The minimum Gasteiger partial charge on any atom is -0.330 e. The average molecular weight is 255 g/mol. The number of nitrogens with two attached hydrogens (primary N) is 1. The molecule has 6 heteroatoms. The summed E-state index contributed by atoms with van der Waals surface area (Å²) in [6, 6.07) is 0. The summed E-state index contributed by atoms with van der Waals surface area (Å²) in [5.41, 5.74) is 5.56. The van der Waals surface area contributed by atoms with E-state index in [1.54, 1.807) is 4.31 Å². The van der Waals surface area contributed by atoms with E-state index in [4.69, 9.17) is 5.73 Å². The van der Waals surface area contributed by atoms with Crippen molar-refractivity contribution in [1.82, 2.24) is 4.31 Å². The van der Waals surface area contributed by atoms with Gasteiger partial charge in [0.1, 0.15) is 0 Å². The second-order valence-corrected chi connectivity index (χ2v) is 6.54. The first-order valence-corrected chi connectivity index (χ1v) is 6.84. The first kappa shape index (κ1) is 13.2. The van der Waals surface area contributed by atoms with Crippen molar-refractivity contribution in [3.8, 4) is 0 Å². The highest BCUT2D eigenvalue weighted by Crippen LogP contribution is 2.32. The van der Waals surface area contributed by atoms with Crippen molar-refractivity contribution >= 4 is 22.4 Å². The van der Waals surface area contributed by atoms with Crippen molar-refractivity contribution < 1.29 is 8.42 Å². The van der Waals surface area contributed by atoms with Crippen LogP contribution in [0.3, 0.4) is 0 Å². The monoisotopic (exact) mass is 254 g/mol. The van der Waals surface area contributed by atoms with Gasteiger partial charge in [0.15, 0.2) is 0 Å². The van der Waals surface area contributed by atoms with Gasteiger partial charge in [-0.2, -0.15) is 0 Å². The maximum Gasteiger partial charge on any atom is 0.216 e. The Labute approximate surface area is 97.7 Å². The standard InChI is InChI=1S/C9H18N2O2S.ClH/c10-7-8-3-5-11(6-4-8)14(12,13)9-1-2-9;/h8-9H,1-7,10H2;1H. The maximum atomic E-state index is 11.8. The maximum absolute atomic E-state index is 11.8. The van der Waals surface area contributed by atoms with Gasteiger partial charge >= 0.3 is 0 Å². The van der Waals surface area contributed by atoms with Gasteiger partial charge in [0.2, 0.25) is 10.0 Å². The van der Waals surface area contributed by atoms with Crippen LogP contribution in [0.4, 0.5) is 0 Å². The Kier molecular flexibility index (Phi) is 4.40. The van der Waals surface area contributed by atoms with Crippen LogP contribution in [-0.4, -0.2) is 37.6 Å². The van der Waals surface area contributed by atoms with Gasteiger partial charge in [-0.15, -0.1) is 12.4 Å². The summed E-state index contributed by atoms with van der Waals surface area (Å²) in [5, 5.41) is -0.0584. The van der Waals surface area contributed by atoms with Crippen LogP contribution in [0, 0.1) is 5.92 Å². The highest BCUT2D eigenvalue weighted by molar-refractivity contribution is 7.90. The Hall–Kier alpha value is 0.160. The molecule has 2 N–H and O–H groups in total. The van der Waals surface area contributed by atoms with E-state index in [1.807, 2.05) is 0 Å². The molecule has 0 aromatic rings. The molecule has 1 saturated heterocycles. The largest absolute Gasteiger partial charge is 0.330 e. The minimum atomic E-state index is -2.93. The summed E-state index contributed by atoms with van der Waals surface area (Å²) >= 11 is 0. The van der Waals surface area contributed by atoms with Crippen LogP contribution >= 0.6 is 12.4 Å². The van der Waals surface area contributed by atoms with E-state index in [2.05, 4.69) is 0 Å². The van der Waals surface area contributed by atoms with Gasteiger partial charge in [-0.1, -0.05) is 0 Å². The molecule has 0 amide bonds. The normalized spacial score (nSPS) is 24.9. The molecule has 0 bridgehead atoms. The van der Waals surface area contributed by atoms with E-state index in [0.717, 1.165) is 25.7 Å². The lowest BCUT2D eigenvalue weighted by Crippen LogP contribution is -2.41. The molecule has 2 rings (SSSR count). The zero-order valence-electron chi connectivity index (χ0n) is 8.76. The number of rotatable bonds is 3. The summed E-state index contributed by atoms with van der Waals surface area (Å²) in [6.45, 7) is 2.05. The molecule has 15 heavy (non-hydrogen) atoms. The number of hydrogen-bond acceptors (Lipinski definition) is 3. The quantitative estimate of drug-likeness (QED) is 0.801. The molecule has 0 atom stereocenters. The third kappa shape index (κ3) is 2.84. The molecule has 1 saturated carbocycles. The SMILES string of the molecule is Cl.NCC1CCN(S(=O)(=O)C2CC2)CC1. The second kappa shape index (κ2) is 4.99. The Morgan fingerprint density at radius 3 is 2.07 bits per heavy atom. The summed E-state index contributed by atoms with van der Waals surface area (Å²) in [6.07, 6.45) is 3.59. The third-order valence-corrected chi connectivity index (χ3v) is 5.61. The minimum absolute atomic E-state index is 0. The first-order valence-electron chi connectivity index (χ1n) is 5.33. The highest BCUT2D eigenvalue weighted by Gasteiger charge is 2.40. The molecule has 90 valence electrons. The zero-order valence-corrected chi connectivity index (χ0v) is 10.4. The second-order valence-electron chi connectivity index (χ2n) is 4.32. The average Bonchev–Trinajstić information content (AvgIpc) is 3.01. The molecule has 1 heterocycles. The van der Waals surface area contributed by atoms with E-state index in [-0.39, 0.29) is 17.7 Å². The van der Waals surface area contributed by atoms with Crippen LogP contribution in [0.2, 0.25) is 0 Å². The van der Waals surface area contributed by atoms with Gasteiger partial charge < -0.3 is 5.73 Å². The fraction of sp³-hybridized carbons (Fsp3) is 1.00. The molecule has 1 aliphatic carbocycles. The van der Waals surface area contributed by atoms with Crippen molar-refractivity contribution in [1.29, 1.82) is 0 Å². The van der Waals surface area contributed by atoms with Crippen LogP contribution in [-0.2, 0) is 10.0 Å². The van der Waals surface area contributed by atoms with E-state index >= 15 is 0 Å². The van der Waals surface area contributed by atoms with Gasteiger partial charge in [0, 0.05) is 13.1 Å².